The van der Waals surface area contributed by atoms with Crippen LogP contribution in [0.3, 0.4) is 0 Å². The molecule has 0 atom stereocenters. The molecule has 0 aromatic heterocycles. The van der Waals surface area contributed by atoms with Gasteiger partial charge >= 0.3 is 58.5 Å². The molecule has 0 aromatic rings. The van der Waals surface area contributed by atoms with Gasteiger partial charge in [-0.2, -0.15) is 0 Å². The van der Waals surface area contributed by atoms with Crippen LogP contribution in [-0.4, -0.2) is 5.66 Å². The van der Waals surface area contributed by atoms with Crippen molar-refractivity contribution >= 4 is 39.0 Å². The van der Waals surface area contributed by atoms with Crippen LogP contribution < -0.4 is 0 Å². The van der Waals surface area contributed by atoms with Crippen LogP contribution in [0.4, 0.5) is 0 Å². The Labute approximate surface area is 58.8 Å². The van der Waals surface area contributed by atoms with Gasteiger partial charge in [0.1, 0.15) is 0 Å². The van der Waals surface area contributed by atoms with E-state index >= 15 is 0 Å². The van der Waals surface area contributed by atoms with E-state index in [0.717, 1.165) is 0 Å². The number of rotatable bonds is 1. The third-order valence-corrected chi connectivity index (χ3v) is 5.89. The van der Waals surface area contributed by atoms with Crippen LogP contribution in [0.2, 0.25) is 0 Å². The first-order chi connectivity index (χ1) is 2.94. The van der Waals surface area contributed by atoms with Crippen LogP contribution in [0.1, 0.15) is 13.8 Å². The first-order valence-electron chi connectivity index (χ1n) is 2.01. The molecule has 0 aliphatic carbocycles. The van der Waals surface area contributed by atoms with E-state index in [4.69, 9.17) is 33.7 Å². The third kappa shape index (κ3) is 3.85. The summed E-state index contributed by atoms with van der Waals surface area (Å²) in [7, 11) is 0. The molecule has 0 N–H and O–H groups in total. The zero-order valence-corrected chi connectivity index (χ0v) is 7.48. The Bertz CT molecular complexity index is 55.7. The Balaban J connectivity index is 3.54. The molecule has 0 radical (unpaired) electrons. The van der Waals surface area contributed by atoms with Crippen molar-refractivity contribution in [2.75, 3.05) is 0 Å². The number of hydrogen-bond acceptors (Lipinski definition) is 0. The summed E-state index contributed by atoms with van der Waals surface area (Å²) in [6.45, 7) is 3.83. The number of hydrogen-bond donors (Lipinski definition) is 0. The van der Waals surface area contributed by atoms with Crippen molar-refractivity contribution < 1.29 is 0 Å². The van der Waals surface area contributed by atoms with Gasteiger partial charge in [-0.3, -0.25) is 0 Å². The van der Waals surface area contributed by atoms with E-state index in [1.165, 1.54) is 0 Å². The van der Waals surface area contributed by atoms with E-state index < -0.39 is 5.32 Å². The minimum absolute atomic E-state index is 0.234. The Kier molecular flexibility index (Phi) is 3.24. The SMILES string of the molecule is CC(C)[PH](Cl)(Cl)Cl. The van der Waals surface area contributed by atoms with Crippen molar-refractivity contribution in [3.63, 3.8) is 0 Å². The second kappa shape index (κ2) is 2.73. The Morgan fingerprint density at radius 2 is 1.29 bits per heavy atom. The zero-order valence-electron chi connectivity index (χ0n) is 4.21. The van der Waals surface area contributed by atoms with Gasteiger partial charge in [0.25, 0.3) is 0 Å². The molecule has 0 aliphatic heterocycles. The predicted octanol–water partition coefficient (Wildman–Crippen LogP) is 3.61. The standard InChI is InChI=1S/C3H8Cl3P/c1-3(2)7(4,5)6/h3,7H,1-2H3. The van der Waals surface area contributed by atoms with E-state index in [1.54, 1.807) is 0 Å². The van der Waals surface area contributed by atoms with Gasteiger partial charge in [0, 0.05) is 0 Å². The van der Waals surface area contributed by atoms with Crippen LogP contribution in [0, 0.1) is 0 Å². The van der Waals surface area contributed by atoms with Crippen LogP contribution in [0.5, 0.6) is 0 Å². The summed E-state index contributed by atoms with van der Waals surface area (Å²) >= 11 is 16.6. The topological polar surface area (TPSA) is 0 Å². The van der Waals surface area contributed by atoms with Gasteiger partial charge in [-0.15, -0.1) is 0 Å². The molecular weight excluding hydrogens is 173 g/mol. The minimum atomic E-state index is -2.32. The molecule has 0 nitrogen and oxygen atoms in total. The summed E-state index contributed by atoms with van der Waals surface area (Å²) < 4.78 is 0. The fourth-order valence-electron chi connectivity index (χ4n) is 0. The van der Waals surface area contributed by atoms with Crippen molar-refractivity contribution in [3.8, 4) is 0 Å². The molecule has 0 unspecified atom stereocenters. The summed E-state index contributed by atoms with van der Waals surface area (Å²) in [6, 6.07) is 0. The molecule has 4 heteroatoms. The summed E-state index contributed by atoms with van der Waals surface area (Å²) in [5, 5.41) is -2.32. The van der Waals surface area contributed by atoms with Crippen molar-refractivity contribution in [1.82, 2.24) is 0 Å². The fourth-order valence-corrected chi connectivity index (χ4v) is 0. The average molecular weight is 181 g/mol. The Morgan fingerprint density at radius 3 is 1.29 bits per heavy atom. The zero-order chi connectivity index (χ0) is 6.08. The Hall–Kier alpha value is 1.30. The molecule has 0 rings (SSSR count). The normalized spacial score (nSPS) is 15.1. The molecule has 0 fully saturated rings. The van der Waals surface area contributed by atoms with Crippen molar-refractivity contribution in [3.05, 3.63) is 0 Å². The van der Waals surface area contributed by atoms with E-state index in [-0.39, 0.29) is 5.66 Å². The quantitative estimate of drug-likeness (QED) is 0.542. The molecule has 0 spiro atoms. The Morgan fingerprint density at radius 1 is 1.14 bits per heavy atom. The summed E-state index contributed by atoms with van der Waals surface area (Å²) in [6.07, 6.45) is 0. The second-order valence-corrected chi connectivity index (χ2v) is 11.0. The first-order valence-corrected chi connectivity index (χ1v) is 7.12. The molecular formula is C3H8Cl3P. The molecule has 0 saturated carbocycles. The second-order valence-electron chi connectivity index (χ2n) is 1.70. The van der Waals surface area contributed by atoms with Gasteiger partial charge in [-0.05, 0) is 0 Å². The molecule has 0 aromatic carbocycles. The van der Waals surface area contributed by atoms with Crippen LogP contribution in [0.25, 0.3) is 0 Å². The van der Waals surface area contributed by atoms with Crippen molar-refractivity contribution in [1.29, 1.82) is 0 Å². The average Bonchev–Trinajstić information content (AvgIpc) is 1.31. The maximum absolute atomic E-state index is 5.54. The number of halogens is 3. The van der Waals surface area contributed by atoms with Gasteiger partial charge < -0.3 is 0 Å². The molecule has 0 heterocycles. The fraction of sp³-hybridized carbons (Fsp3) is 1.00. The van der Waals surface area contributed by atoms with E-state index in [2.05, 4.69) is 0 Å². The molecule has 7 heavy (non-hydrogen) atoms. The van der Waals surface area contributed by atoms with Gasteiger partial charge in [-0.25, -0.2) is 0 Å². The summed E-state index contributed by atoms with van der Waals surface area (Å²) in [5.74, 6) is 0. The summed E-state index contributed by atoms with van der Waals surface area (Å²) in [5.41, 5.74) is 0.234. The van der Waals surface area contributed by atoms with Gasteiger partial charge in [0.15, 0.2) is 0 Å². The van der Waals surface area contributed by atoms with E-state index in [0.29, 0.717) is 0 Å². The van der Waals surface area contributed by atoms with E-state index in [1.807, 2.05) is 13.8 Å². The van der Waals surface area contributed by atoms with E-state index in [9.17, 15) is 0 Å². The van der Waals surface area contributed by atoms with Crippen LogP contribution in [0.15, 0.2) is 0 Å². The van der Waals surface area contributed by atoms with Crippen molar-refractivity contribution in [2.24, 2.45) is 0 Å². The van der Waals surface area contributed by atoms with Crippen LogP contribution in [-0.2, 0) is 0 Å². The third-order valence-electron chi connectivity index (χ3n) is 0.655. The van der Waals surface area contributed by atoms with Gasteiger partial charge in [-0.1, -0.05) is 0 Å². The van der Waals surface area contributed by atoms with Crippen molar-refractivity contribution in [2.45, 2.75) is 19.5 Å². The predicted molar refractivity (Wildman–Crippen MR) is 41.0 cm³/mol. The first kappa shape index (κ1) is 8.30. The molecule has 0 aliphatic rings. The van der Waals surface area contributed by atoms with Gasteiger partial charge in [0.05, 0.1) is 0 Å². The molecule has 0 bridgehead atoms. The van der Waals surface area contributed by atoms with Crippen LogP contribution >= 0.6 is 39.0 Å². The molecule has 46 valence electrons. The van der Waals surface area contributed by atoms with Gasteiger partial charge in [0.2, 0.25) is 0 Å². The monoisotopic (exact) mass is 180 g/mol. The maximum atomic E-state index is 5.54. The summed E-state index contributed by atoms with van der Waals surface area (Å²) in [4.78, 5) is 0. The molecule has 0 amide bonds. The molecule has 0 saturated heterocycles.